The normalized spacial score (nSPS) is 14.4. The molecule has 1 unspecified atom stereocenters. The number of hydrogen-bond donors (Lipinski definition) is 1. The summed E-state index contributed by atoms with van der Waals surface area (Å²) in [5.74, 6) is 0. The number of aliphatic hydroxyl groups is 1. The lowest BCUT2D eigenvalue weighted by atomic mass is 9.88. The summed E-state index contributed by atoms with van der Waals surface area (Å²) in [6.07, 6.45) is 5.14. The summed E-state index contributed by atoms with van der Waals surface area (Å²) in [5.41, 5.74) is 1.20. The molecule has 0 aliphatic carbocycles. The zero-order valence-corrected chi connectivity index (χ0v) is 11.1. The molecular weight excluding hydrogens is 200 g/mol. The number of aliphatic hydroxyl groups excluding tert-OH is 1. The maximum Gasteiger partial charge on any atom is 0.0820 e. The molecule has 3 heteroatoms. The first-order valence-corrected chi connectivity index (χ1v) is 6.02. The van der Waals surface area contributed by atoms with E-state index in [1.54, 1.807) is 6.20 Å². The summed E-state index contributed by atoms with van der Waals surface area (Å²) in [6, 6.07) is 0.351. The Morgan fingerprint density at radius 2 is 2.00 bits per heavy atom. The molecule has 0 fully saturated rings. The van der Waals surface area contributed by atoms with Crippen LogP contribution in [0.25, 0.3) is 0 Å². The van der Waals surface area contributed by atoms with Gasteiger partial charge < -0.3 is 5.11 Å². The predicted molar refractivity (Wildman–Crippen MR) is 66.3 cm³/mol. The van der Waals surface area contributed by atoms with E-state index in [0.29, 0.717) is 6.04 Å². The Bertz CT molecular complexity index is 323. The van der Waals surface area contributed by atoms with Crippen LogP contribution < -0.4 is 0 Å². The molecule has 0 saturated carbocycles. The molecule has 0 amide bonds. The second kappa shape index (κ2) is 5.00. The van der Waals surface area contributed by atoms with E-state index in [9.17, 15) is 5.11 Å². The first-order chi connectivity index (χ1) is 7.29. The van der Waals surface area contributed by atoms with Gasteiger partial charge in [0.15, 0.2) is 0 Å². The predicted octanol–water partition coefficient (Wildman–Crippen LogP) is 3.32. The van der Waals surface area contributed by atoms with Crippen molar-refractivity contribution in [3.8, 4) is 0 Å². The van der Waals surface area contributed by atoms with Crippen molar-refractivity contribution in [2.75, 3.05) is 0 Å². The molecule has 1 heterocycles. The van der Waals surface area contributed by atoms with Gasteiger partial charge in [-0.15, -0.1) is 0 Å². The molecule has 0 bridgehead atoms. The van der Waals surface area contributed by atoms with Crippen LogP contribution in [0, 0.1) is 5.41 Å². The fourth-order valence-corrected chi connectivity index (χ4v) is 1.54. The first kappa shape index (κ1) is 13.2. The Hall–Kier alpha value is -0.830. The minimum absolute atomic E-state index is 0.273. The van der Waals surface area contributed by atoms with Crippen LogP contribution in [0.1, 0.15) is 65.2 Å². The number of nitrogens with zero attached hydrogens (tertiary/aromatic N) is 2. The fourth-order valence-electron chi connectivity index (χ4n) is 1.54. The highest BCUT2D eigenvalue weighted by molar-refractivity contribution is 5.08. The van der Waals surface area contributed by atoms with Gasteiger partial charge in [0.1, 0.15) is 0 Å². The zero-order chi connectivity index (χ0) is 12.3. The Labute approximate surface area is 98.5 Å². The second-order valence-corrected chi connectivity index (χ2v) is 5.96. The Morgan fingerprint density at radius 3 is 2.44 bits per heavy atom. The van der Waals surface area contributed by atoms with Crippen molar-refractivity contribution in [3.63, 3.8) is 0 Å². The highest BCUT2D eigenvalue weighted by Crippen LogP contribution is 2.27. The molecular formula is C13H24N2O. The second-order valence-electron chi connectivity index (χ2n) is 5.96. The quantitative estimate of drug-likeness (QED) is 0.852. The molecule has 1 rings (SSSR count). The Morgan fingerprint density at radius 1 is 1.38 bits per heavy atom. The van der Waals surface area contributed by atoms with Crippen LogP contribution in [0.15, 0.2) is 12.4 Å². The van der Waals surface area contributed by atoms with E-state index in [2.05, 4.69) is 39.7 Å². The molecule has 0 spiro atoms. The molecule has 3 nitrogen and oxygen atoms in total. The largest absolute Gasteiger partial charge is 0.388 e. The van der Waals surface area contributed by atoms with Crippen molar-refractivity contribution < 1.29 is 5.11 Å². The SMILES string of the molecule is CC(C)n1cc(C(O)CCC(C)(C)C)cn1. The van der Waals surface area contributed by atoms with Crippen LogP contribution in [0.3, 0.4) is 0 Å². The van der Waals surface area contributed by atoms with Crippen LogP contribution in [0.4, 0.5) is 0 Å². The molecule has 16 heavy (non-hydrogen) atoms. The van der Waals surface area contributed by atoms with Gasteiger partial charge >= 0.3 is 0 Å². The van der Waals surface area contributed by atoms with Gasteiger partial charge in [-0.25, -0.2) is 0 Å². The Balaban J connectivity index is 2.56. The van der Waals surface area contributed by atoms with Crippen molar-refractivity contribution >= 4 is 0 Å². The van der Waals surface area contributed by atoms with Crippen LogP contribution in [0.5, 0.6) is 0 Å². The number of aromatic nitrogens is 2. The van der Waals surface area contributed by atoms with Gasteiger partial charge in [0, 0.05) is 17.8 Å². The van der Waals surface area contributed by atoms with E-state index in [0.717, 1.165) is 18.4 Å². The zero-order valence-electron chi connectivity index (χ0n) is 11.1. The summed E-state index contributed by atoms with van der Waals surface area (Å²) >= 11 is 0. The van der Waals surface area contributed by atoms with Gasteiger partial charge in [0.25, 0.3) is 0 Å². The minimum Gasteiger partial charge on any atom is -0.388 e. The highest BCUT2D eigenvalue weighted by atomic mass is 16.3. The van der Waals surface area contributed by atoms with Gasteiger partial charge in [0.2, 0.25) is 0 Å². The van der Waals surface area contributed by atoms with Crippen molar-refractivity contribution in [2.45, 2.75) is 59.6 Å². The van der Waals surface area contributed by atoms with Gasteiger partial charge in [-0.1, -0.05) is 20.8 Å². The summed E-state index contributed by atoms with van der Waals surface area (Å²) in [6.45, 7) is 10.7. The van der Waals surface area contributed by atoms with Crippen LogP contribution >= 0.6 is 0 Å². The van der Waals surface area contributed by atoms with E-state index in [-0.39, 0.29) is 11.5 Å². The van der Waals surface area contributed by atoms with E-state index in [4.69, 9.17) is 0 Å². The highest BCUT2D eigenvalue weighted by Gasteiger charge is 2.16. The van der Waals surface area contributed by atoms with Gasteiger partial charge in [-0.2, -0.15) is 5.10 Å². The topological polar surface area (TPSA) is 38.0 Å². The van der Waals surface area contributed by atoms with Crippen LogP contribution in [-0.2, 0) is 0 Å². The van der Waals surface area contributed by atoms with Crippen molar-refractivity contribution in [1.29, 1.82) is 0 Å². The van der Waals surface area contributed by atoms with Crippen molar-refractivity contribution in [1.82, 2.24) is 9.78 Å². The minimum atomic E-state index is -0.383. The monoisotopic (exact) mass is 224 g/mol. The lowest BCUT2D eigenvalue weighted by Gasteiger charge is -2.19. The molecule has 1 N–H and O–H groups in total. The molecule has 92 valence electrons. The van der Waals surface area contributed by atoms with Gasteiger partial charge in [-0.3, -0.25) is 4.68 Å². The third-order valence-electron chi connectivity index (χ3n) is 2.70. The summed E-state index contributed by atoms with van der Waals surface area (Å²) < 4.78 is 1.88. The maximum atomic E-state index is 10.0. The van der Waals surface area contributed by atoms with Gasteiger partial charge in [0.05, 0.1) is 12.3 Å². The average molecular weight is 224 g/mol. The van der Waals surface area contributed by atoms with Crippen LogP contribution in [0.2, 0.25) is 0 Å². The molecule has 0 radical (unpaired) electrons. The lowest BCUT2D eigenvalue weighted by molar-refractivity contribution is 0.147. The maximum absolute atomic E-state index is 10.0. The molecule has 0 saturated heterocycles. The van der Waals surface area contributed by atoms with Crippen LogP contribution in [-0.4, -0.2) is 14.9 Å². The molecule has 0 aromatic carbocycles. The van der Waals surface area contributed by atoms with E-state index < -0.39 is 0 Å². The average Bonchev–Trinajstić information content (AvgIpc) is 2.61. The summed E-state index contributed by atoms with van der Waals surface area (Å²) in [5, 5.41) is 14.3. The molecule has 0 aliphatic rings. The first-order valence-electron chi connectivity index (χ1n) is 6.02. The number of rotatable bonds is 4. The van der Waals surface area contributed by atoms with Gasteiger partial charge in [-0.05, 0) is 32.1 Å². The Kier molecular flexibility index (Phi) is 4.14. The summed E-state index contributed by atoms with van der Waals surface area (Å²) in [4.78, 5) is 0. The van der Waals surface area contributed by atoms with E-state index in [1.807, 2.05) is 10.9 Å². The fraction of sp³-hybridized carbons (Fsp3) is 0.769. The van der Waals surface area contributed by atoms with Crippen molar-refractivity contribution in [3.05, 3.63) is 18.0 Å². The van der Waals surface area contributed by atoms with E-state index in [1.165, 1.54) is 0 Å². The third-order valence-corrected chi connectivity index (χ3v) is 2.70. The standard InChI is InChI=1S/C13H24N2O/c1-10(2)15-9-11(8-14-15)12(16)6-7-13(3,4)5/h8-10,12,16H,6-7H2,1-5H3. The smallest absolute Gasteiger partial charge is 0.0820 e. The molecule has 1 aromatic rings. The third kappa shape index (κ3) is 3.97. The number of hydrogen-bond acceptors (Lipinski definition) is 2. The van der Waals surface area contributed by atoms with E-state index >= 15 is 0 Å². The molecule has 1 aromatic heterocycles. The summed E-state index contributed by atoms with van der Waals surface area (Å²) in [7, 11) is 0. The molecule has 1 atom stereocenters. The molecule has 0 aliphatic heterocycles. The van der Waals surface area contributed by atoms with Crippen molar-refractivity contribution in [2.24, 2.45) is 5.41 Å². The lowest BCUT2D eigenvalue weighted by Crippen LogP contribution is -2.08.